The van der Waals surface area contributed by atoms with Gasteiger partial charge >= 0.3 is 8.69 Å². The van der Waals surface area contributed by atoms with Crippen molar-refractivity contribution in [2.45, 2.75) is 180 Å². The standard InChI is InChI=1S/C48H74N5O11P/c1-31(2)26-39(51-48(62)41-23-17-25-53(41)33(4)55)43(57)28-36-27-35(21-14-8-6-5-7-11-18-34-19-12-9-13-20-34)42(56)24-16-10-15-22-38(45(49)59)50-47(61)37(32(3)64-65-63)29-44(58)40(30-54)52-46(36)60/h9,12-13,19-20,31-32,35-41,54H,5-8,10-11,14-18,21-30H2,1-4H3,(H2,49,59)(H,50,61)(H,51,62)(H,52,60)/t32-,35+,36-,37+,38?,39+,40+,41+/m1/s1. The van der Waals surface area contributed by atoms with Crippen LogP contribution in [0.3, 0.4) is 0 Å². The molecule has 0 radical (unpaired) electrons. The third-order valence-electron chi connectivity index (χ3n) is 12.8. The predicted molar refractivity (Wildman–Crippen MR) is 245 cm³/mol. The lowest BCUT2D eigenvalue weighted by atomic mass is 9.81. The number of hydrogen-bond acceptors (Lipinski definition) is 11. The van der Waals surface area contributed by atoms with Gasteiger partial charge in [0.25, 0.3) is 0 Å². The molecule has 0 bridgehead atoms. The Morgan fingerprint density at radius 3 is 2.22 bits per heavy atom. The van der Waals surface area contributed by atoms with Crippen molar-refractivity contribution in [1.29, 1.82) is 0 Å². The lowest BCUT2D eigenvalue weighted by molar-refractivity contribution is -0.139. The molecular weight excluding hydrogens is 854 g/mol. The van der Waals surface area contributed by atoms with Crippen LogP contribution in [-0.4, -0.2) is 100 Å². The number of aliphatic hydroxyl groups is 1. The van der Waals surface area contributed by atoms with Crippen LogP contribution in [0.4, 0.5) is 0 Å². The lowest BCUT2D eigenvalue weighted by Gasteiger charge is -2.29. The second-order valence-corrected chi connectivity index (χ2v) is 18.8. The van der Waals surface area contributed by atoms with Crippen molar-refractivity contribution in [1.82, 2.24) is 20.9 Å². The van der Waals surface area contributed by atoms with Crippen LogP contribution in [0.25, 0.3) is 0 Å². The molecule has 2 fully saturated rings. The Morgan fingerprint density at radius 1 is 0.877 bits per heavy atom. The number of likely N-dealkylation sites (tertiary alicyclic amines) is 1. The topological polar surface area (TPSA) is 248 Å². The number of carbonyl (C=O) groups excluding carboxylic acids is 8. The Morgan fingerprint density at radius 2 is 1.57 bits per heavy atom. The zero-order chi connectivity index (χ0) is 47.9. The molecule has 0 saturated carbocycles. The molecule has 1 aromatic carbocycles. The van der Waals surface area contributed by atoms with Crippen molar-refractivity contribution in [3.05, 3.63) is 35.9 Å². The van der Waals surface area contributed by atoms with Crippen molar-refractivity contribution >= 4 is 55.6 Å². The van der Waals surface area contributed by atoms with Crippen molar-refractivity contribution in [2.24, 2.45) is 29.4 Å². The third kappa shape index (κ3) is 19.2. The largest absolute Gasteiger partial charge is 0.394 e. The number of aryl methyl sites for hydroxylation is 1. The summed E-state index contributed by atoms with van der Waals surface area (Å²) in [5.41, 5.74) is 6.94. The highest BCUT2D eigenvalue weighted by molar-refractivity contribution is 7.17. The molecule has 0 spiro atoms. The van der Waals surface area contributed by atoms with E-state index in [0.717, 1.165) is 38.5 Å². The number of nitrogens with one attached hydrogen (secondary N) is 3. The van der Waals surface area contributed by atoms with Gasteiger partial charge in [0.15, 0.2) is 11.6 Å². The molecule has 1 unspecified atom stereocenters. The van der Waals surface area contributed by atoms with E-state index in [4.69, 9.17) is 10.3 Å². The first-order valence-corrected chi connectivity index (χ1v) is 24.5. The molecule has 1 aromatic rings. The summed E-state index contributed by atoms with van der Waals surface area (Å²) in [6.45, 7) is 6.16. The van der Waals surface area contributed by atoms with Gasteiger partial charge in [-0.1, -0.05) is 89.1 Å². The van der Waals surface area contributed by atoms with Crippen LogP contribution in [0.1, 0.15) is 149 Å². The Bertz CT molecular complexity index is 1750. The van der Waals surface area contributed by atoms with E-state index in [1.165, 1.54) is 24.3 Å². The summed E-state index contributed by atoms with van der Waals surface area (Å²) >= 11 is 0. The fourth-order valence-corrected chi connectivity index (χ4v) is 9.29. The van der Waals surface area contributed by atoms with Crippen molar-refractivity contribution in [3.8, 4) is 0 Å². The van der Waals surface area contributed by atoms with Gasteiger partial charge in [-0.25, -0.2) is 4.57 Å². The van der Waals surface area contributed by atoms with E-state index in [-0.39, 0.29) is 49.7 Å². The molecule has 2 aliphatic heterocycles. The zero-order valence-electron chi connectivity index (χ0n) is 38.9. The molecule has 2 saturated heterocycles. The molecular formula is C48H74N5O11P. The molecule has 2 aliphatic rings. The molecule has 65 heavy (non-hydrogen) atoms. The van der Waals surface area contributed by atoms with Crippen LogP contribution in [-0.2, 0) is 53.9 Å². The van der Waals surface area contributed by atoms with E-state index >= 15 is 0 Å². The minimum Gasteiger partial charge on any atom is -0.394 e. The molecule has 2 heterocycles. The number of rotatable bonds is 21. The number of nitrogens with two attached hydrogens (primary N) is 1. The highest BCUT2D eigenvalue weighted by Gasteiger charge is 2.38. The average molecular weight is 928 g/mol. The molecule has 6 N–H and O–H groups in total. The number of primary amides is 1. The molecule has 5 amide bonds. The smallest absolute Gasteiger partial charge is 0.327 e. The van der Waals surface area contributed by atoms with E-state index in [1.54, 1.807) is 0 Å². The maximum absolute atomic E-state index is 14.4. The molecule has 17 heteroatoms. The van der Waals surface area contributed by atoms with E-state index in [2.05, 4.69) is 28.1 Å². The number of Topliss-reactive ketones (excluding diaryl/α,β-unsaturated/α-hetero) is 3. The quantitative estimate of drug-likeness (QED) is 0.0787. The van der Waals surface area contributed by atoms with Gasteiger partial charge in [-0.15, -0.1) is 0 Å². The van der Waals surface area contributed by atoms with Crippen LogP contribution in [0, 0.1) is 23.7 Å². The number of benzene rings is 1. The van der Waals surface area contributed by atoms with Crippen LogP contribution in [0.15, 0.2) is 30.3 Å². The van der Waals surface area contributed by atoms with E-state index in [9.17, 15) is 48.0 Å². The summed E-state index contributed by atoms with van der Waals surface area (Å²) in [6.07, 6.45) is 8.19. The Labute approximate surface area is 386 Å². The van der Waals surface area contributed by atoms with Gasteiger partial charge in [-0.2, -0.15) is 0 Å². The Balaban J connectivity index is 1.92. The predicted octanol–water partition coefficient (Wildman–Crippen LogP) is 5.25. The fraction of sp³-hybridized carbons (Fsp3) is 0.708. The Kier molecular flexibility index (Phi) is 24.7. The first kappa shape index (κ1) is 54.9. The maximum atomic E-state index is 14.4. The van der Waals surface area contributed by atoms with E-state index in [0.29, 0.717) is 51.5 Å². The molecule has 0 aromatic heterocycles. The van der Waals surface area contributed by atoms with Gasteiger partial charge in [-0.3, -0.25) is 42.9 Å². The van der Waals surface area contributed by atoms with Crippen LogP contribution < -0.4 is 21.7 Å². The summed E-state index contributed by atoms with van der Waals surface area (Å²) in [4.78, 5) is 110. The van der Waals surface area contributed by atoms with Crippen molar-refractivity contribution < 1.29 is 52.6 Å². The number of aliphatic hydroxyl groups excluding tert-OH is 1. The monoisotopic (exact) mass is 928 g/mol. The van der Waals surface area contributed by atoms with Gasteiger partial charge in [0.05, 0.1) is 24.7 Å². The minimum atomic E-state index is -1.54. The van der Waals surface area contributed by atoms with Gasteiger partial charge in [0.1, 0.15) is 23.9 Å². The maximum Gasteiger partial charge on any atom is 0.327 e. The van der Waals surface area contributed by atoms with Gasteiger partial charge in [0.2, 0.25) is 29.5 Å². The highest BCUT2D eigenvalue weighted by Crippen LogP contribution is 2.28. The van der Waals surface area contributed by atoms with Gasteiger partial charge in [-0.05, 0) is 76.2 Å². The second-order valence-electron chi connectivity index (χ2n) is 18.4. The first-order chi connectivity index (χ1) is 31.1. The number of nitrogens with zero attached hydrogens (tertiary/aromatic N) is 1. The lowest BCUT2D eigenvalue weighted by Crippen LogP contribution is -2.52. The molecule has 362 valence electrons. The van der Waals surface area contributed by atoms with Crippen LogP contribution >= 0.6 is 8.69 Å². The van der Waals surface area contributed by atoms with Crippen LogP contribution in [0.5, 0.6) is 0 Å². The minimum absolute atomic E-state index is 0.0227. The third-order valence-corrected chi connectivity index (χ3v) is 13.2. The molecule has 0 aliphatic carbocycles. The molecule has 3 rings (SSSR count). The highest BCUT2D eigenvalue weighted by atomic mass is 31.1. The fourth-order valence-electron chi connectivity index (χ4n) is 9.00. The number of unbranched alkanes of at least 4 members (excludes halogenated alkanes) is 5. The summed E-state index contributed by atoms with van der Waals surface area (Å²) < 4.78 is 16.5. The second kappa shape index (κ2) is 29.3. The first-order valence-electron chi connectivity index (χ1n) is 23.7. The Hall–Kier alpha value is -4.40. The van der Waals surface area contributed by atoms with Gasteiger partial charge in [0, 0.05) is 44.6 Å². The van der Waals surface area contributed by atoms with Gasteiger partial charge < -0.3 is 31.7 Å². The zero-order valence-corrected chi connectivity index (χ0v) is 39.8. The SMILES string of the molecule is CC(=O)N1CCC[C@H]1C(=O)N[C@@H](CC(C)C)C(=O)C[C@H]1C[C@H](CCCCCCCCc2ccccc2)C(=O)CCCCCC(C(N)=O)NC(=O)[C@H]([C@@H](C)OP=O)CC(=O)[C@H](CO)NC1=O. The summed E-state index contributed by atoms with van der Waals surface area (Å²) in [6, 6.07) is 5.95. The van der Waals surface area contributed by atoms with Crippen molar-refractivity contribution in [3.63, 3.8) is 0 Å². The number of hydrogen-bond donors (Lipinski definition) is 5. The number of ketones is 3. The van der Waals surface area contributed by atoms with E-state index in [1.807, 2.05) is 32.0 Å². The summed E-state index contributed by atoms with van der Waals surface area (Å²) in [5, 5.41) is 18.5. The average Bonchev–Trinajstić information content (AvgIpc) is 3.77. The van der Waals surface area contributed by atoms with Crippen LogP contribution in [0.2, 0.25) is 0 Å². The van der Waals surface area contributed by atoms with E-state index < -0.39 is 105 Å². The normalized spacial score (nSPS) is 24.1. The molecule has 16 nitrogen and oxygen atoms in total. The number of amides is 5. The number of carbonyl (C=O) groups is 8. The summed E-state index contributed by atoms with van der Waals surface area (Å²) in [5.74, 6) is -7.43. The summed E-state index contributed by atoms with van der Waals surface area (Å²) in [7, 11) is -0.763. The molecule has 8 atom stereocenters. The van der Waals surface area contributed by atoms with Crippen molar-refractivity contribution in [2.75, 3.05) is 13.2 Å².